The fraction of sp³-hybridized carbons (Fsp3) is 0.480. The van der Waals surface area contributed by atoms with Crippen LogP contribution in [0.4, 0.5) is 5.69 Å². The third-order valence-electron chi connectivity index (χ3n) is 6.93. The first kappa shape index (κ1) is 20.7. The second-order valence-corrected chi connectivity index (χ2v) is 10.8. The van der Waals surface area contributed by atoms with Crippen LogP contribution in [0.15, 0.2) is 41.3 Å². The number of anilines is 1. The van der Waals surface area contributed by atoms with Crippen molar-refractivity contribution in [1.29, 1.82) is 0 Å². The van der Waals surface area contributed by atoms with Crippen LogP contribution < -0.4 is 9.62 Å². The van der Waals surface area contributed by atoms with Crippen molar-refractivity contribution in [3.8, 4) is 0 Å². The van der Waals surface area contributed by atoms with E-state index in [1.807, 2.05) is 11.8 Å². The van der Waals surface area contributed by atoms with Gasteiger partial charge in [0.2, 0.25) is 15.9 Å². The Labute approximate surface area is 184 Å². The van der Waals surface area contributed by atoms with Gasteiger partial charge in [-0.1, -0.05) is 25.1 Å². The Morgan fingerprint density at radius 1 is 1.03 bits per heavy atom. The van der Waals surface area contributed by atoms with Gasteiger partial charge in [-0.25, -0.2) is 13.1 Å². The Morgan fingerprint density at radius 3 is 2.55 bits per heavy atom. The summed E-state index contributed by atoms with van der Waals surface area (Å²) in [7, 11) is -3.66. The van der Waals surface area contributed by atoms with Crippen LogP contribution in [0.3, 0.4) is 0 Å². The van der Waals surface area contributed by atoms with Crippen molar-refractivity contribution in [2.75, 3.05) is 11.4 Å². The second kappa shape index (κ2) is 8.06. The van der Waals surface area contributed by atoms with E-state index in [-0.39, 0.29) is 22.8 Å². The minimum absolute atomic E-state index is 0.165. The molecule has 2 aliphatic carbocycles. The molecule has 0 radical (unpaired) electrons. The van der Waals surface area contributed by atoms with Crippen LogP contribution in [-0.2, 0) is 34.1 Å². The normalized spacial score (nSPS) is 19.1. The summed E-state index contributed by atoms with van der Waals surface area (Å²) >= 11 is 0. The number of carbonyl (C=O) groups is 1. The van der Waals surface area contributed by atoms with E-state index in [0.29, 0.717) is 19.4 Å². The lowest BCUT2D eigenvalue weighted by atomic mass is 9.89. The average Bonchev–Trinajstić information content (AvgIpc) is 3.55. The molecule has 1 saturated carbocycles. The van der Waals surface area contributed by atoms with Gasteiger partial charge in [-0.3, -0.25) is 4.79 Å². The lowest BCUT2D eigenvalue weighted by Crippen LogP contribution is -2.30. The molecule has 1 heterocycles. The lowest BCUT2D eigenvalue weighted by molar-refractivity contribution is -0.119. The summed E-state index contributed by atoms with van der Waals surface area (Å²) in [5.41, 5.74) is 5.61. The third-order valence-corrected chi connectivity index (χ3v) is 8.40. The molecule has 1 N–H and O–H groups in total. The van der Waals surface area contributed by atoms with E-state index in [0.717, 1.165) is 42.5 Å². The summed E-state index contributed by atoms with van der Waals surface area (Å²) in [4.78, 5) is 14.6. The lowest BCUT2D eigenvalue weighted by Gasteiger charge is -2.22. The Balaban J connectivity index is 1.37. The number of carbonyl (C=O) groups excluding carboxylic acids is 1. The van der Waals surface area contributed by atoms with Crippen LogP contribution in [0.1, 0.15) is 67.3 Å². The highest BCUT2D eigenvalue weighted by Crippen LogP contribution is 2.37. The summed E-state index contributed by atoms with van der Waals surface area (Å²) in [6.45, 7) is 2.66. The number of benzene rings is 2. The smallest absolute Gasteiger partial charge is 0.241 e. The van der Waals surface area contributed by atoms with Crippen molar-refractivity contribution in [3.63, 3.8) is 0 Å². The van der Waals surface area contributed by atoms with Crippen molar-refractivity contribution in [1.82, 2.24) is 4.72 Å². The molecule has 164 valence electrons. The fourth-order valence-electron chi connectivity index (χ4n) is 4.94. The molecule has 31 heavy (non-hydrogen) atoms. The van der Waals surface area contributed by atoms with Gasteiger partial charge in [0.25, 0.3) is 0 Å². The van der Waals surface area contributed by atoms with E-state index < -0.39 is 10.0 Å². The molecule has 1 fully saturated rings. The molecule has 2 aromatic carbocycles. The molecule has 1 amide bonds. The van der Waals surface area contributed by atoms with Crippen LogP contribution in [0.2, 0.25) is 0 Å². The van der Waals surface area contributed by atoms with E-state index in [1.165, 1.54) is 24.0 Å². The van der Waals surface area contributed by atoms with Crippen LogP contribution in [0.25, 0.3) is 0 Å². The Kier molecular flexibility index (Phi) is 5.39. The third kappa shape index (κ3) is 4.03. The molecular formula is C25H30N2O3S. The first-order valence-electron chi connectivity index (χ1n) is 11.5. The predicted molar refractivity (Wildman–Crippen MR) is 122 cm³/mol. The number of sulfonamides is 1. The summed E-state index contributed by atoms with van der Waals surface area (Å²) in [6, 6.07) is 11.4. The summed E-state index contributed by atoms with van der Waals surface area (Å²) in [5, 5.41) is 0. The zero-order valence-electron chi connectivity index (χ0n) is 18.1. The highest BCUT2D eigenvalue weighted by Gasteiger charge is 2.36. The zero-order valence-corrected chi connectivity index (χ0v) is 18.9. The first-order valence-corrected chi connectivity index (χ1v) is 13.0. The molecule has 1 unspecified atom stereocenters. The predicted octanol–water partition coefficient (Wildman–Crippen LogP) is 4.29. The van der Waals surface area contributed by atoms with Crippen LogP contribution in [0, 0.1) is 5.92 Å². The van der Waals surface area contributed by atoms with E-state index in [4.69, 9.17) is 0 Å². The molecule has 5 nitrogen and oxygen atoms in total. The molecule has 6 heteroatoms. The van der Waals surface area contributed by atoms with Gasteiger partial charge in [0, 0.05) is 24.2 Å². The SMILES string of the molecule is CCC(NS(=O)(=O)c1ccc2c(c1)CCN2C(=O)C1CC1)c1ccc2c(c1)CCCC2. The molecule has 2 aromatic rings. The molecule has 0 spiro atoms. The topological polar surface area (TPSA) is 66.5 Å². The van der Waals surface area contributed by atoms with Gasteiger partial charge >= 0.3 is 0 Å². The number of rotatable bonds is 6. The summed E-state index contributed by atoms with van der Waals surface area (Å²) in [6.07, 6.45) is 7.98. The number of aryl methyl sites for hydroxylation is 2. The van der Waals surface area contributed by atoms with Gasteiger partial charge in [-0.05, 0) is 91.8 Å². The van der Waals surface area contributed by atoms with Crippen molar-refractivity contribution in [3.05, 3.63) is 58.7 Å². The quantitative estimate of drug-likeness (QED) is 0.731. The summed E-state index contributed by atoms with van der Waals surface area (Å²) in [5.74, 6) is 0.351. The zero-order chi connectivity index (χ0) is 21.6. The maximum atomic E-state index is 13.2. The van der Waals surface area contributed by atoms with Crippen LogP contribution in [-0.4, -0.2) is 20.9 Å². The van der Waals surface area contributed by atoms with E-state index in [2.05, 4.69) is 22.9 Å². The highest BCUT2D eigenvalue weighted by molar-refractivity contribution is 7.89. The Hall–Kier alpha value is -2.18. The van der Waals surface area contributed by atoms with Crippen molar-refractivity contribution < 1.29 is 13.2 Å². The number of nitrogens with one attached hydrogen (secondary N) is 1. The van der Waals surface area contributed by atoms with Gasteiger partial charge in [-0.2, -0.15) is 0 Å². The largest absolute Gasteiger partial charge is 0.312 e. The van der Waals surface area contributed by atoms with Gasteiger partial charge in [0.15, 0.2) is 0 Å². The first-order chi connectivity index (χ1) is 15.0. The number of amides is 1. The fourth-order valence-corrected chi connectivity index (χ4v) is 6.30. The van der Waals surface area contributed by atoms with E-state index in [1.54, 1.807) is 18.2 Å². The van der Waals surface area contributed by atoms with E-state index >= 15 is 0 Å². The number of hydrogen-bond donors (Lipinski definition) is 1. The molecule has 1 atom stereocenters. The highest BCUT2D eigenvalue weighted by atomic mass is 32.2. The molecule has 5 rings (SSSR count). The number of fused-ring (bicyclic) bond motifs is 2. The van der Waals surface area contributed by atoms with Crippen molar-refractivity contribution in [2.45, 2.75) is 69.2 Å². The number of nitrogens with zero attached hydrogens (tertiary/aromatic N) is 1. The minimum atomic E-state index is -3.66. The standard InChI is InChI=1S/C25H30N2O3S/c1-2-23(20-10-7-17-5-3-4-6-19(17)15-20)26-31(29,30)22-11-12-24-21(16-22)13-14-27(24)25(28)18-8-9-18/h7,10-12,15-16,18,23,26H,2-6,8-9,13-14H2,1H3. The minimum Gasteiger partial charge on any atom is -0.312 e. The van der Waals surface area contributed by atoms with Crippen molar-refractivity contribution in [2.24, 2.45) is 5.92 Å². The maximum absolute atomic E-state index is 13.2. The monoisotopic (exact) mass is 438 g/mol. The van der Waals surface area contributed by atoms with E-state index in [9.17, 15) is 13.2 Å². The summed E-state index contributed by atoms with van der Waals surface area (Å²) < 4.78 is 29.3. The van der Waals surface area contributed by atoms with Gasteiger partial charge in [-0.15, -0.1) is 0 Å². The average molecular weight is 439 g/mol. The molecule has 3 aliphatic rings. The second-order valence-electron chi connectivity index (χ2n) is 9.12. The van der Waals surface area contributed by atoms with Gasteiger partial charge in [0.05, 0.1) is 4.90 Å². The maximum Gasteiger partial charge on any atom is 0.241 e. The Bertz CT molecular complexity index is 1120. The Morgan fingerprint density at radius 2 is 1.81 bits per heavy atom. The molecule has 0 aromatic heterocycles. The molecule has 0 saturated heterocycles. The van der Waals surface area contributed by atoms with Crippen LogP contribution in [0.5, 0.6) is 0 Å². The molecular weight excluding hydrogens is 408 g/mol. The van der Waals surface area contributed by atoms with Gasteiger partial charge in [0.1, 0.15) is 0 Å². The number of hydrogen-bond acceptors (Lipinski definition) is 3. The molecule has 0 bridgehead atoms. The van der Waals surface area contributed by atoms with Gasteiger partial charge < -0.3 is 4.90 Å². The van der Waals surface area contributed by atoms with Crippen molar-refractivity contribution >= 4 is 21.6 Å². The molecule has 1 aliphatic heterocycles. The van der Waals surface area contributed by atoms with Crippen LogP contribution >= 0.6 is 0 Å².